The van der Waals surface area contributed by atoms with Crippen LogP contribution in [0.25, 0.3) is 16.8 Å². The molecule has 5 rings (SSSR count). The van der Waals surface area contributed by atoms with E-state index in [1.807, 2.05) is 30.3 Å². The fourth-order valence-electron chi connectivity index (χ4n) is 3.95. The molecular formula is C28H20ClNO4S. The summed E-state index contributed by atoms with van der Waals surface area (Å²) in [5.41, 5.74) is 2.19. The van der Waals surface area contributed by atoms with Crippen molar-refractivity contribution in [2.24, 2.45) is 0 Å². The maximum atomic E-state index is 12.9. The first-order chi connectivity index (χ1) is 17.0. The Morgan fingerprint density at radius 1 is 0.943 bits per heavy atom. The zero-order valence-electron chi connectivity index (χ0n) is 18.7. The number of fused-ring (bicyclic) bond motifs is 1. The molecule has 0 saturated carbocycles. The van der Waals surface area contributed by atoms with Crippen molar-refractivity contribution in [2.45, 2.75) is 6.61 Å². The molecule has 0 atom stereocenters. The van der Waals surface area contributed by atoms with Crippen molar-refractivity contribution in [1.82, 2.24) is 0 Å². The Morgan fingerprint density at radius 3 is 2.49 bits per heavy atom. The lowest BCUT2D eigenvalue weighted by atomic mass is 10.1. The molecule has 1 saturated heterocycles. The van der Waals surface area contributed by atoms with E-state index in [1.165, 1.54) is 7.11 Å². The minimum atomic E-state index is -0.377. The van der Waals surface area contributed by atoms with Crippen molar-refractivity contribution in [3.8, 4) is 11.5 Å². The molecule has 5 nitrogen and oxygen atoms in total. The first-order valence-electron chi connectivity index (χ1n) is 10.8. The van der Waals surface area contributed by atoms with Crippen LogP contribution in [-0.2, 0) is 11.4 Å². The number of para-hydroxylation sites is 1. The molecule has 0 radical (unpaired) electrons. The van der Waals surface area contributed by atoms with Crippen molar-refractivity contribution >= 4 is 57.0 Å². The van der Waals surface area contributed by atoms with Gasteiger partial charge in [-0.3, -0.25) is 9.59 Å². The molecule has 4 aromatic carbocycles. The summed E-state index contributed by atoms with van der Waals surface area (Å²) in [6.45, 7) is 0.312. The maximum Gasteiger partial charge on any atom is 0.298 e. The van der Waals surface area contributed by atoms with Gasteiger partial charge in [0.25, 0.3) is 11.1 Å². The molecule has 1 heterocycles. The topological polar surface area (TPSA) is 55.8 Å². The summed E-state index contributed by atoms with van der Waals surface area (Å²) in [4.78, 5) is 26.9. The normalized spacial score (nSPS) is 14.7. The van der Waals surface area contributed by atoms with Crippen molar-refractivity contribution in [3.63, 3.8) is 0 Å². The average molecular weight is 502 g/mol. The van der Waals surface area contributed by atoms with Crippen molar-refractivity contribution in [2.75, 3.05) is 12.0 Å². The number of ether oxygens (including phenoxy) is 2. The lowest BCUT2D eigenvalue weighted by molar-refractivity contribution is -0.113. The second-order valence-electron chi connectivity index (χ2n) is 7.81. The van der Waals surface area contributed by atoms with Crippen LogP contribution >= 0.6 is 23.4 Å². The molecule has 0 spiro atoms. The van der Waals surface area contributed by atoms with E-state index in [9.17, 15) is 9.59 Å². The van der Waals surface area contributed by atoms with Gasteiger partial charge < -0.3 is 9.47 Å². The fraction of sp³-hybridized carbons (Fsp3) is 0.0714. The van der Waals surface area contributed by atoms with Gasteiger partial charge in [-0.05, 0) is 64.0 Å². The fourth-order valence-corrected chi connectivity index (χ4v) is 5.07. The molecule has 0 unspecified atom stereocenters. The molecule has 4 aromatic rings. The van der Waals surface area contributed by atoms with Crippen LogP contribution in [-0.4, -0.2) is 18.3 Å². The van der Waals surface area contributed by atoms with Gasteiger partial charge in [-0.15, -0.1) is 0 Å². The van der Waals surface area contributed by atoms with Gasteiger partial charge >= 0.3 is 0 Å². The highest BCUT2D eigenvalue weighted by Crippen LogP contribution is 2.40. The summed E-state index contributed by atoms with van der Waals surface area (Å²) in [6, 6.07) is 26.4. The molecule has 1 aliphatic heterocycles. The smallest absolute Gasteiger partial charge is 0.298 e. The minimum absolute atomic E-state index is 0.307. The molecule has 1 aliphatic rings. The van der Waals surface area contributed by atoms with Gasteiger partial charge in [0.15, 0.2) is 11.5 Å². The largest absolute Gasteiger partial charge is 0.493 e. The molecule has 0 bridgehead atoms. The Morgan fingerprint density at radius 2 is 1.69 bits per heavy atom. The van der Waals surface area contributed by atoms with Gasteiger partial charge in [-0.25, -0.2) is 4.90 Å². The minimum Gasteiger partial charge on any atom is -0.493 e. The monoisotopic (exact) mass is 501 g/mol. The number of carbonyl (C=O) groups excluding carboxylic acids is 2. The van der Waals surface area contributed by atoms with E-state index in [0.717, 1.165) is 33.0 Å². The van der Waals surface area contributed by atoms with Gasteiger partial charge in [0.05, 0.1) is 22.7 Å². The third-order valence-electron chi connectivity index (χ3n) is 5.61. The number of halogens is 1. The van der Waals surface area contributed by atoms with Gasteiger partial charge in [-0.1, -0.05) is 72.3 Å². The molecule has 0 aliphatic carbocycles. The third-order valence-corrected chi connectivity index (χ3v) is 6.76. The summed E-state index contributed by atoms with van der Waals surface area (Å²) >= 11 is 7.46. The van der Waals surface area contributed by atoms with Crippen LogP contribution in [0.1, 0.15) is 11.1 Å². The van der Waals surface area contributed by atoms with E-state index in [0.29, 0.717) is 39.3 Å². The second kappa shape index (κ2) is 9.86. The molecule has 0 N–H and O–H groups in total. The summed E-state index contributed by atoms with van der Waals surface area (Å²) < 4.78 is 11.6. The highest BCUT2D eigenvalue weighted by Gasteiger charge is 2.36. The quantitative estimate of drug-likeness (QED) is 0.259. The van der Waals surface area contributed by atoms with E-state index in [-0.39, 0.29) is 11.1 Å². The number of rotatable bonds is 6. The van der Waals surface area contributed by atoms with Gasteiger partial charge in [0.2, 0.25) is 0 Å². The lowest BCUT2D eigenvalue weighted by Gasteiger charge is -2.14. The zero-order valence-corrected chi connectivity index (χ0v) is 20.3. The number of anilines is 1. The SMILES string of the molecule is COc1cc(/C=C2\SC(=O)N(c3ccccc3)C2=O)cc(Cl)c1OCc1cccc2ccccc12. The standard InChI is InChI=1S/C28H20ClNO4S/c1-33-24-15-18(16-25-27(31)30(28(32)35-25)21-11-3-2-4-12-21)14-23(29)26(24)34-17-20-10-7-9-19-8-5-6-13-22(19)20/h2-16H,17H2,1H3/b25-16-. The van der Waals surface area contributed by atoms with Gasteiger partial charge in [-0.2, -0.15) is 0 Å². The molecule has 35 heavy (non-hydrogen) atoms. The summed E-state index contributed by atoms with van der Waals surface area (Å²) in [5, 5.41) is 2.24. The Kier molecular flexibility index (Phi) is 6.49. The Balaban J connectivity index is 1.40. The van der Waals surface area contributed by atoms with E-state index < -0.39 is 0 Å². The van der Waals surface area contributed by atoms with Crippen LogP contribution in [0.2, 0.25) is 5.02 Å². The number of methoxy groups -OCH3 is 1. The first-order valence-corrected chi connectivity index (χ1v) is 12.0. The van der Waals surface area contributed by atoms with E-state index in [1.54, 1.807) is 42.5 Å². The van der Waals surface area contributed by atoms with Crippen LogP contribution < -0.4 is 14.4 Å². The Bertz CT molecular complexity index is 1460. The summed E-state index contributed by atoms with van der Waals surface area (Å²) in [5.74, 6) is 0.473. The van der Waals surface area contributed by atoms with Crippen molar-refractivity contribution < 1.29 is 19.1 Å². The number of hydrogen-bond acceptors (Lipinski definition) is 5. The number of hydrogen-bond donors (Lipinski definition) is 0. The van der Waals surface area contributed by atoms with E-state index >= 15 is 0 Å². The predicted octanol–water partition coefficient (Wildman–Crippen LogP) is 7.32. The summed E-state index contributed by atoms with van der Waals surface area (Å²) in [6.07, 6.45) is 1.64. The Hall–Kier alpha value is -3.74. The number of nitrogens with zero attached hydrogens (tertiary/aromatic N) is 1. The predicted molar refractivity (Wildman–Crippen MR) is 141 cm³/mol. The van der Waals surface area contributed by atoms with Gasteiger partial charge in [0.1, 0.15) is 6.61 Å². The molecule has 2 amide bonds. The molecular weight excluding hydrogens is 482 g/mol. The average Bonchev–Trinajstić information content (AvgIpc) is 3.15. The molecule has 174 valence electrons. The molecule has 7 heteroatoms. The maximum absolute atomic E-state index is 12.9. The summed E-state index contributed by atoms with van der Waals surface area (Å²) in [7, 11) is 1.53. The highest BCUT2D eigenvalue weighted by atomic mass is 35.5. The second-order valence-corrected chi connectivity index (χ2v) is 9.21. The van der Waals surface area contributed by atoms with E-state index in [4.69, 9.17) is 21.1 Å². The number of carbonyl (C=O) groups is 2. The van der Waals surface area contributed by atoms with Crippen molar-refractivity contribution in [3.05, 3.63) is 106 Å². The molecule has 0 aromatic heterocycles. The molecule has 1 fully saturated rings. The van der Waals surface area contributed by atoms with Crippen LogP contribution in [0.15, 0.2) is 89.8 Å². The van der Waals surface area contributed by atoms with Crippen LogP contribution in [0.3, 0.4) is 0 Å². The number of benzene rings is 4. The van der Waals surface area contributed by atoms with Gasteiger partial charge in [0, 0.05) is 0 Å². The zero-order chi connectivity index (χ0) is 24.4. The highest BCUT2D eigenvalue weighted by molar-refractivity contribution is 8.19. The Labute approximate surface area is 211 Å². The lowest BCUT2D eigenvalue weighted by Crippen LogP contribution is -2.27. The van der Waals surface area contributed by atoms with Crippen LogP contribution in [0.4, 0.5) is 10.5 Å². The van der Waals surface area contributed by atoms with Crippen molar-refractivity contribution in [1.29, 1.82) is 0 Å². The first kappa shape index (κ1) is 23.0. The van der Waals surface area contributed by atoms with Crippen LogP contribution in [0, 0.1) is 0 Å². The van der Waals surface area contributed by atoms with Crippen LogP contribution in [0.5, 0.6) is 11.5 Å². The third kappa shape index (κ3) is 4.63. The number of amides is 2. The number of imide groups is 1. The number of thioether (sulfide) groups is 1. The van der Waals surface area contributed by atoms with E-state index in [2.05, 4.69) is 18.2 Å².